The van der Waals surface area contributed by atoms with E-state index < -0.39 is 29.8 Å². The lowest BCUT2D eigenvalue weighted by molar-refractivity contribution is -0.141. The average molecular weight is 302 g/mol. The number of amides is 2. The predicted molar refractivity (Wildman–Crippen MR) is 67.8 cm³/mol. The van der Waals surface area contributed by atoms with Crippen molar-refractivity contribution in [2.45, 2.75) is 25.1 Å². The maximum atomic E-state index is 12.8. The minimum Gasteiger partial charge on any atom is -0.480 e. The number of likely N-dealkylation sites (tertiary alicyclic amines) is 1. The summed E-state index contributed by atoms with van der Waals surface area (Å²) in [5, 5.41) is 11.1. The van der Waals surface area contributed by atoms with Gasteiger partial charge in [0.1, 0.15) is 6.04 Å². The third kappa shape index (κ3) is 3.26. The van der Waals surface area contributed by atoms with E-state index in [0.717, 1.165) is 17.0 Å². The number of nitrogens with one attached hydrogen (secondary N) is 1. The molecule has 0 aromatic heterocycles. The van der Waals surface area contributed by atoms with Gasteiger partial charge >= 0.3 is 18.2 Å². The molecule has 1 saturated heterocycles. The zero-order valence-corrected chi connectivity index (χ0v) is 10.9. The fourth-order valence-corrected chi connectivity index (χ4v) is 2.29. The molecule has 1 aromatic carbocycles. The number of carboxylic acid groups (broad SMARTS) is 1. The maximum Gasteiger partial charge on any atom is 0.418 e. The Kier molecular flexibility index (Phi) is 4.06. The summed E-state index contributed by atoms with van der Waals surface area (Å²) < 4.78 is 38.5. The lowest BCUT2D eigenvalue weighted by Crippen LogP contribution is -2.43. The molecule has 0 saturated carbocycles. The van der Waals surface area contributed by atoms with Crippen LogP contribution >= 0.6 is 0 Å². The molecule has 1 aliphatic rings. The predicted octanol–water partition coefficient (Wildman–Crippen LogP) is 2.79. The van der Waals surface area contributed by atoms with E-state index in [1.54, 1.807) is 0 Å². The second kappa shape index (κ2) is 5.63. The number of rotatable bonds is 2. The number of hydrogen-bond acceptors (Lipinski definition) is 2. The largest absolute Gasteiger partial charge is 0.480 e. The molecule has 1 unspecified atom stereocenters. The molecular weight excluding hydrogens is 289 g/mol. The minimum atomic E-state index is -4.60. The average Bonchev–Trinajstić information content (AvgIpc) is 2.87. The van der Waals surface area contributed by atoms with Crippen molar-refractivity contribution in [3.05, 3.63) is 29.8 Å². The highest BCUT2D eigenvalue weighted by Gasteiger charge is 2.36. The summed E-state index contributed by atoms with van der Waals surface area (Å²) in [6.07, 6.45) is -3.80. The van der Waals surface area contributed by atoms with E-state index in [1.165, 1.54) is 12.1 Å². The highest BCUT2D eigenvalue weighted by molar-refractivity contribution is 5.93. The Morgan fingerprint density at radius 1 is 1.29 bits per heavy atom. The van der Waals surface area contributed by atoms with Crippen LogP contribution in [0.25, 0.3) is 0 Å². The highest BCUT2D eigenvalue weighted by Crippen LogP contribution is 2.34. The van der Waals surface area contributed by atoms with Crippen LogP contribution in [-0.4, -0.2) is 34.6 Å². The number of carbonyl (C=O) groups excluding carboxylic acids is 1. The Morgan fingerprint density at radius 2 is 1.95 bits per heavy atom. The van der Waals surface area contributed by atoms with Crippen LogP contribution in [-0.2, 0) is 11.0 Å². The van der Waals surface area contributed by atoms with E-state index in [0.29, 0.717) is 12.8 Å². The Morgan fingerprint density at radius 3 is 2.57 bits per heavy atom. The summed E-state index contributed by atoms with van der Waals surface area (Å²) in [5.41, 5.74) is -1.35. The molecule has 2 amide bonds. The fourth-order valence-electron chi connectivity index (χ4n) is 2.29. The van der Waals surface area contributed by atoms with Crippen molar-refractivity contribution in [1.29, 1.82) is 0 Å². The second-order valence-corrected chi connectivity index (χ2v) is 4.66. The van der Waals surface area contributed by atoms with E-state index in [4.69, 9.17) is 5.11 Å². The molecule has 1 atom stereocenters. The first-order valence-electron chi connectivity index (χ1n) is 6.27. The molecule has 1 fully saturated rings. The van der Waals surface area contributed by atoms with Gasteiger partial charge in [0.05, 0.1) is 11.3 Å². The van der Waals surface area contributed by atoms with Gasteiger partial charge in [-0.25, -0.2) is 9.59 Å². The van der Waals surface area contributed by atoms with Crippen molar-refractivity contribution < 1.29 is 27.9 Å². The van der Waals surface area contributed by atoms with Gasteiger partial charge in [-0.15, -0.1) is 0 Å². The van der Waals surface area contributed by atoms with Crippen molar-refractivity contribution in [3.8, 4) is 0 Å². The van der Waals surface area contributed by atoms with Crippen LogP contribution in [0.1, 0.15) is 18.4 Å². The number of anilines is 1. The molecule has 1 aliphatic heterocycles. The number of nitrogens with zero attached hydrogens (tertiary/aromatic N) is 1. The maximum absolute atomic E-state index is 12.8. The van der Waals surface area contributed by atoms with E-state index in [9.17, 15) is 22.8 Å². The first kappa shape index (κ1) is 15.1. The molecule has 0 radical (unpaired) electrons. The van der Waals surface area contributed by atoms with Gasteiger partial charge < -0.3 is 15.3 Å². The number of carboxylic acids is 1. The molecular formula is C13H13F3N2O3. The van der Waals surface area contributed by atoms with Gasteiger partial charge in [-0.05, 0) is 25.0 Å². The third-order valence-corrected chi connectivity index (χ3v) is 3.27. The topological polar surface area (TPSA) is 69.6 Å². The summed E-state index contributed by atoms with van der Waals surface area (Å²) in [5.74, 6) is -1.16. The monoisotopic (exact) mass is 302 g/mol. The standard InChI is InChI=1S/C13H13F3N2O3/c14-13(15,16)8-4-1-2-5-9(8)17-12(21)18-7-3-6-10(18)11(19)20/h1-2,4-5,10H,3,6-7H2,(H,17,21)(H,19,20). The smallest absolute Gasteiger partial charge is 0.418 e. The number of alkyl halides is 3. The van der Waals surface area contributed by atoms with Crippen LogP contribution in [0.3, 0.4) is 0 Å². The zero-order chi connectivity index (χ0) is 15.6. The summed E-state index contributed by atoms with van der Waals surface area (Å²) in [4.78, 5) is 24.0. The molecule has 0 aliphatic carbocycles. The second-order valence-electron chi connectivity index (χ2n) is 4.66. The van der Waals surface area contributed by atoms with Gasteiger partial charge in [-0.1, -0.05) is 12.1 Å². The van der Waals surface area contributed by atoms with Gasteiger partial charge in [0, 0.05) is 6.54 Å². The van der Waals surface area contributed by atoms with Gasteiger partial charge in [0.15, 0.2) is 0 Å². The number of aliphatic carboxylic acids is 1. The van der Waals surface area contributed by atoms with Crippen LogP contribution in [0.15, 0.2) is 24.3 Å². The zero-order valence-electron chi connectivity index (χ0n) is 10.9. The minimum absolute atomic E-state index is 0.205. The van der Waals surface area contributed by atoms with Gasteiger partial charge in [-0.3, -0.25) is 0 Å². The summed E-state index contributed by atoms with van der Waals surface area (Å²) >= 11 is 0. The van der Waals surface area contributed by atoms with Crippen LogP contribution in [0.5, 0.6) is 0 Å². The van der Waals surface area contributed by atoms with Crippen molar-refractivity contribution >= 4 is 17.7 Å². The Hall–Kier alpha value is -2.25. The molecule has 0 spiro atoms. The number of benzene rings is 1. The van der Waals surface area contributed by atoms with E-state index in [-0.39, 0.29) is 12.2 Å². The molecule has 8 heteroatoms. The summed E-state index contributed by atoms with van der Waals surface area (Å²) in [6, 6.07) is 2.73. The number of para-hydroxylation sites is 1. The van der Waals surface area contributed by atoms with Crippen LogP contribution in [0.2, 0.25) is 0 Å². The van der Waals surface area contributed by atoms with Crippen molar-refractivity contribution in [2.75, 3.05) is 11.9 Å². The number of halogens is 3. The molecule has 1 aromatic rings. The SMILES string of the molecule is O=C(O)C1CCCN1C(=O)Nc1ccccc1C(F)(F)F. The molecule has 1 heterocycles. The van der Waals surface area contributed by atoms with Crippen LogP contribution in [0.4, 0.5) is 23.7 Å². The molecule has 0 bridgehead atoms. The van der Waals surface area contributed by atoms with Crippen LogP contribution in [0, 0.1) is 0 Å². The molecule has 2 N–H and O–H groups in total. The van der Waals surface area contributed by atoms with Crippen molar-refractivity contribution in [2.24, 2.45) is 0 Å². The van der Waals surface area contributed by atoms with Crippen molar-refractivity contribution in [1.82, 2.24) is 4.90 Å². The van der Waals surface area contributed by atoms with Gasteiger partial charge in [0.25, 0.3) is 0 Å². The first-order valence-corrected chi connectivity index (χ1v) is 6.27. The quantitative estimate of drug-likeness (QED) is 0.882. The number of urea groups is 1. The first-order chi connectivity index (χ1) is 9.80. The van der Waals surface area contributed by atoms with E-state index >= 15 is 0 Å². The lowest BCUT2D eigenvalue weighted by atomic mass is 10.1. The Labute approximate surface area is 118 Å². The van der Waals surface area contributed by atoms with Gasteiger partial charge in [0.2, 0.25) is 0 Å². The Bertz CT molecular complexity index is 560. The van der Waals surface area contributed by atoms with E-state index in [1.807, 2.05) is 0 Å². The van der Waals surface area contributed by atoms with Crippen molar-refractivity contribution in [3.63, 3.8) is 0 Å². The molecule has 114 valence electrons. The Balaban J connectivity index is 2.19. The molecule has 21 heavy (non-hydrogen) atoms. The summed E-state index contributed by atoms with van der Waals surface area (Å²) in [6.45, 7) is 0.205. The highest BCUT2D eigenvalue weighted by atomic mass is 19.4. The molecule has 2 rings (SSSR count). The number of carbonyl (C=O) groups is 2. The van der Waals surface area contributed by atoms with Crippen LogP contribution < -0.4 is 5.32 Å². The molecule has 5 nitrogen and oxygen atoms in total. The fraction of sp³-hybridized carbons (Fsp3) is 0.385. The normalized spacial score (nSPS) is 18.6. The number of hydrogen-bond donors (Lipinski definition) is 2. The van der Waals surface area contributed by atoms with Gasteiger partial charge in [-0.2, -0.15) is 13.2 Å². The summed E-state index contributed by atoms with van der Waals surface area (Å²) in [7, 11) is 0. The third-order valence-electron chi connectivity index (χ3n) is 3.27. The lowest BCUT2D eigenvalue weighted by Gasteiger charge is -2.23. The van der Waals surface area contributed by atoms with E-state index in [2.05, 4.69) is 5.32 Å².